The van der Waals surface area contributed by atoms with Crippen LogP contribution in [0.1, 0.15) is 0 Å². The lowest BCUT2D eigenvalue weighted by atomic mass is 10.1. The number of rotatable bonds is 0. The van der Waals surface area contributed by atoms with Gasteiger partial charge in [0.25, 0.3) is 0 Å². The number of hydrogen-bond donors (Lipinski definition) is 0. The lowest BCUT2D eigenvalue weighted by Gasteiger charge is -2.05. The van der Waals surface area contributed by atoms with E-state index in [2.05, 4.69) is 23.2 Å². The molecule has 0 spiro atoms. The van der Waals surface area contributed by atoms with Crippen LogP contribution in [0.4, 0.5) is 0 Å². The minimum atomic E-state index is 0.494. The summed E-state index contributed by atoms with van der Waals surface area (Å²) in [7, 11) is 0. The zero-order chi connectivity index (χ0) is 13.7. The second-order valence-corrected chi connectivity index (χ2v) is 5.45. The summed E-state index contributed by atoms with van der Waals surface area (Å²) in [6.07, 6.45) is 0. The van der Waals surface area contributed by atoms with Crippen molar-refractivity contribution >= 4 is 56.0 Å². The molecule has 0 unspecified atom stereocenters. The topological polar surface area (TPSA) is 25.8 Å². The summed E-state index contributed by atoms with van der Waals surface area (Å²) >= 11 is 12.1. The summed E-state index contributed by atoms with van der Waals surface area (Å²) < 4.78 is 0. The van der Waals surface area contributed by atoms with Crippen molar-refractivity contribution in [1.29, 1.82) is 0 Å². The first-order chi connectivity index (χ1) is 9.72. The molecule has 1 heterocycles. The average molecular weight is 299 g/mol. The highest BCUT2D eigenvalue weighted by Gasteiger charge is 2.08. The van der Waals surface area contributed by atoms with Crippen LogP contribution >= 0.6 is 23.2 Å². The van der Waals surface area contributed by atoms with Gasteiger partial charge in [-0.05, 0) is 23.6 Å². The first-order valence-electron chi connectivity index (χ1n) is 6.17. The Kier molecular flexibility index (Phi) is 2.56. The summed E-state index contributed by atoms with van der Waals surface area (Å²) in [4.78, 5) is 9.33. The Hall–Kier alpha value is -1.90. The number of halogens is 2. The van der Waals surface area contributed by atoms with Gasteiger partial charge in [-0.15, -0.1) is 0 Å². The van der Waals surface area contributed by atoms with Crippen molar-refractivity contribution in [3.8, 4) is 0 Å². The van der Waals surface area contributed by atoms with E-state index in [4.69, 9.17) is 28.2 Å². The first-order valence-corrected chi connectivity index (χ1v) is 6.92. The van der Waals surface area contributed by atoms with Crippen molar-refractivity contribution in [2.75, 3.05) is 0 Å². The number of benzene rings is 3. The molecular formula is C16H8Cl2N2. The fourth-order valence-corrected chi connectivity index (χ4v) is 2.72. The highest BCUT2D eigenvalue weighted by atomic mass is 35.5. The van der Waals surface area contributed by atoms with Crippen molar-refractivity contribution in [1.82, 2.24) is 9.97 Å². The van der Waals surface area contributed by atoms with Gasteiger partial charge >= 0.3 is 0 Å². The van der Waals surface area contributed by atoms with E-state index >= 15 is 0 Å². The number of hydrogen-bond acceptors (Lipinski definition) is 2. The summed E-state index contributed by atoms with van der Waals surface area (Å²) in [5.74, 6) is 0. The Labute approximate surface area is 125 Å². The van der Waals surface area contributed by atoms with E-state index in [1.807, 2.05) is 18.2 Å². The molecule has 96 valence electrons. The van der Waals surface area contributed by atoms with Gasteiger partial charge in [0.2, 0.25) is 0 Å². The lowest BCUT2D eigenvalue weighted by Crippen LogP contribution is -1.89. The van der Waals surface area contributed by atoms with Gasteiger partial charge in [0.05, 0.1) is 32.1 Å². The smallest absolute Gasteiger partial charge is 0.0972 e. The maximum absolute atomic E-state index is 6.06. The molecule has 0 saturated heterocycles. The second kappa shape index (κ2) is 4.30. The van der Waals surface area contributed by atoms with Crippen molar-refractivity contribution in [3.63, 3.8) is 0 Å². The molecule has 0 aliphatic heterocycles. The summed E-state index contributed by atoms with van der Waals surface area (Å²) in [5, 5.41) is 3.22. The SMILES string of the molecule is Clc1cc2nc3ccc4ccccc4c3nc2cc1Cl. The molecule has 20 heavy (non-hydrogen) atoms. The molecule has 4 rings (SSSR count). The zero-order valence-electron chi connectivity index (χ0n) is 10.3. The molecule has 0 bridgehead atoms. The molecule has 0 N–H and O–H groups in total. The summed E-state index contributed by atoms with van der Waals surface area (Å²) in [5.41, 5.74) is 3.24. The van der Waals surface area contributed by atoms with Crippen LogP contribution < -0.4 is 0 Å². The molecule has 0 aliphatic carbocycles. The second-order valence-electron chi connectivity index (χ2n) is 4.63. The quantitative estimate of drug-likeness (QED) is 0.327. The largest absolute Gasteiger partial charge is 0.244 e. The van der Waals surface area contributed by atoms with Crippen LogP contribution in [-0.2, 0) is 0 Å². The van der Waals surface area contributed by atoms with Crippen LogP contribution in [0.25, 0.3) is 32.8 Å². The van der Waals surface area contributed by atoms with E-state index < -0.39 is 0 Å². The Balaban J connectivity index is 2.21. The molecule has 0 aliphatic rings. The van der Waals surface area contributed by atoms with Gasteiger partial charge in [0.1, 0.15) is 0 Å². The molecule has 4 heteroatoms. The molecule has 0 fully saturated rings. The monoisotopic (exact) mass is 298 g/mol. The minimum Gasteiger partial charge on any atom is -0.244 e. The Morgan fingerprint density at radius 3 is 2.20 bits per heavy atom. The molecule has 4 aromatic rings. The van der Waals surface area contributed by atoms with Crippen molar-refractivity contribution in [2.45, 2.75) is 0 Å². The van der Waals surface area contributed by atoms with Gasteiger partial charge in [-0.1, -0.05) is 53.5 Å². The number of nitrogens with zero attached hydrogens (tertiary/aromatic N) is 2. The van der Waals surface area contributed by atoms with Gasteiger partial charge in [-0.3, -0.25) is 0 Å². The predicted molar refractivity (Wildman–Crippen MR) is 84.6 cm³/mol. The third-order valence-corrected chi connectivity index (χ3v) is 4.09. The third kappa shape index (κ3) is 1.73. The van der Waals surface area contributed by atoms with Gasteiger partial charge in [-0.25, -0.2) is 9.97 Å². The van der Waals surface area contributed by atoms with Crippen molar-refractivity contribution < 1.29 is 0 Å². The summed E-state index contributed by atoms with van der Waals surface area (Å²) in [6, 6.07) is 15.7. The molecule has 0 atom stereocenters. The van der Waals surface area contributed by atoms with Crippen molar-refractivity contribution in [2.24, 2.45) is 0 Å². The van der Waals surface area contributed by atoms with E-state index in [9.17, 15) is 0 Å². The number of fused-ring (bicyclic) bond motifs is 4. The van der Waals surface area contributed by atoms with E-state index in [1.165, 1.54) is 0 Å². The first kappa shape index (κ1) is 11.9. The highest BCUT2D eigenvalue weighted by molar-refractivity contribution is 6.42. The van der Waals surface area contributed by atoms with E-state index in [1.54, 1.807) is 12.1 Å². The van der Waals surface area contributed by atoms with Crippen LogP contribution in [-0.4, -0.2) is 9.97 Å². The van der Waals surface area contributed by atoms with E-state index in [-0.39, 0.29) is 0 Å². The lowest BCUT2D eigenvalue weighted by molar-refractivity contribution is 1.41. The van der Waals surface area contributed by atoms with Gasteiger partial charge in [-0.2, -0.15) is 0 Å². The normalized spacial score (nSPS) is 11.5. The van der Waals surface area contributed by atoms with E-state index in [0.717, 1.165) is 32.8 Å². The molecule has 0 amide bonds. The average Bonchev–Trinajstić information content (AvgIpc) is 2.47. The maximum atomic E-state index is 6.06. The summed E-state index contributed by atoms with van der Waals surface area (Å²) in [6.45, 7) is 0. The Morgan fingerprint density at radius 1 is 0.700 bits per heavy atom. The standard InChI is InChI=1S/C16H8Cl2N2/c17-11-7-14-15(8-12(11)18)20-16-10-4-2-1-3-9(10)5-6-13(16)19-14/h1-8H. The molecule has 3 aromatic carbocycles. The third-order valence-electron chi connectivity index (χ3n) is 3.37. The number of aromatic nitrogens is 2. The Bertz CT molecular complexity index is 980. The van der Waals surface area contributed by atoms with Crippen molar-refractivity contribution in [3.05, 3.63) is 58.6 Å². The van der Waals surface area contributed by atoms with Gasteiger partial charge in [0, 0.05) is 5.39 Å². The van der Waals surface area contributed by atoms with Gasteiger partial charge in [0.15, 0.2) is 0 Å². The van der Waals surface area contributed by atoms with Crippen LogP contribution in [0.2, 0.25) is 10.0 Å². The van der Waals surface area contributed by atoms with Gasteiger partial charge < -0.3 is 0 Å². The fourth-order valence-electron chi connectivity index (χ4n) is 2.41. The van der Waals surface area contributed by atoms with Crippen LogP contribution in [0.5, 0.6) is 0 Å². The van der Waals surface area contributed by atoms with Crippen LogP contribution in [0.3, 0.4) is 0 Å². The molecular weight excluding hydrogens is 291 g/mol. The fraction of sp³-hybridized carbons (Fsp3) is 0. The molecule has 0 radical (unpaired) electrons. The molecule has 2 nitrogen and oxygen atoms in total. The Morgan fingerprint density at radius 2 is 1.40 bits per heavy atom. The highest BCUT2D eigenvalue weighted by Crippen LogP contribution is 2.29. The van der Waals surface area contributed by atoms with Crippen LogP contribution in [0, 0.1) is 0 Å². The molecule has 0 saturated carbocycles. The van der Waals surface area contributed by atoms with Crippen LogP contribution in [0.15, 0.2) is 48.5 Å². The van der Waals surface area contributed by atoms with E-state index in [0.29, 0.717) is 10.0 Å². The zero-order valence-corrected chi connectivity index (χ0v) is 11.8. The molecule has 1 aromatic heterocycles. The maximum Gasteiger partial charge on any atom is 0.0972 e. The minimum absolute atomic E-state index is 0.494. The predicted octanol–water partition coefficient (Wildman–Crippen LogP) is 5.24.